The van der Waals surface area contributed by atoms with Crippen molar-refractivity contribution in [1.82, 2.24) is 0 Å². The summed E-state index contributed by atoms with van der Waals surface area (Å²) < 4.78 is 27.4. The molecular formula is C12H14N2O3S. The maximum absolute atomic E-state index is 11.1. The molecule has 0 spiro atoms. The van der Waals surface area contributed by atoms with Gasteiger partial charge in [0, 0.05) is 5.69 Å². The molecule has 0 unspecified atom stereocenters. The fourth-order valence-electron chi connectivity index (χ4n) is 1.53. The van der Waals surface area contributed by atoms with E-state index in [1.807, 2.05) is 13.0 Å². The van der Waals surface area contributed by atoms with Crippen LogP contribution in [0.5, 0.6) is 0 Å². The van der Waals surface area contributed by atoms with Gasteiger partial charge in [-0.25, -0.2) is 13.6 Å². The number of sulfonamides is 1. The van der Waals surface area contributed by atoms with Crippen LogP contribution in [0.3, 0.4) is 0 Å². The molecule has 2 aromatic rings. The number of nitrogens with one attached hydrogen (secondary N) is 1. The third kappa shape index (κ3) is 2.91. The van der Waals surface area contributed by atoms with Gasteiger partial charge in [0.2, 0.25) is 10.0 Å². The Morgan fingerprint density at radius 3 is 2.39 bits per heavy atom. The highest BCUT2D eigenvalue weighted by molar-refractivity contribution is 7.89. The maximum atomic E-state index is 11.1. The molecule has 0 saturated carbocycles. The molecule has 0 aliphatic rings. The molecule has 1 aromatic heterocycles. The average molecular weight is 266 g/mol. The molecule has 1 heterocycles. The first kappa shape index (κ1) is 12.7. The zero-order valence-electron chi connectivity index (χ0n) is 9.88. The van der Waals surface area contributed by atoms with E-state index in [1.165, 1.54) is 12.1 Å². The lowest BCUT2D eigenvalue weighted by Gasteiger charge is -2.06. The van der Waals surface area contributed by atoms with Crippen LogP contribution in [-0.4, -0.2) is 8.42 Å². The summed E-state index contributed by atoms with van der Waals surface area (Å²) >= 11 is 0. The number of hydrogen-bond acceptors (Lipinski definition) is 4. The largest absolute Gasteiger partial charge is 0.467 e. The Morgan fingerprint density at radius 1 is 1.22 bits per heavy atom. The first-order valence-corrected chi connectivity index (χ1v) is 6.91. The molecule has 3 N–H and O–H groups in total. The van der Waals surface area contributed by atoms with Gasteiger partial charge in [-0.1, -0.05) is 0 Å². The summed E-state index contributed by atoms with van der Waals surface area (Å²) in [7, 11) is -3.63. The standard InChI is InChI=1S/C12H14N2O3S/c1-9-6-7-17-12(9)8-14-10-2-4-11(5-3-10)18(13,15)16/h2-7,14H,8H2,1H3,(H2,13,15,16). The minimum Gasteiger partial charge on any atom is -0.467 e. The highest BCUT2D eigenvalue weighted by Crippen LogP contribution is 2.15. The molecule has 96 valence electrons. The minimum atomic E-state index is -3.63. The van der Waals surface area contributed by atoms with Crippen LogP contribution in [0.25, 0.3) is 0 Å². The van der Waals surface area contributed by atoms with E-state index in [1.54, 1.807) is 18.4 Å². The van der Waals surface area contributed by atoms with Crippen molar-refractivity contribution in [2.45, 2.75) is 18.4 Å². The predicted molar refractivity (Wildman–Crippen MR) is 68.6 cm³/mol. The molecule has 18 heavy (non-hydrogen) atoms. The summed E-state index contributed by atoms with van der Waals surface area (Å²) in [6.07, 6.45) is 1.64. The van der Waals surface area contributed by atoms with Crippen molar-refractivity contribution >= 4 is 15.7 Å². The number of aryl methyl sites for hydroxylation is 1. The second-order valence-electron chi connectivity index (χ2n) is 3.95. The van der Waals surface area contributed by atoms with Crippen LogP contribution in [-0.2, 0) is 16.6 Å². The van der Waals surface area contributed by atoms with Crippen molar-refractivity contribution in [3.05, 3.63) is 47.9 Å². The van der Waals surface area contributed by atoms with E-state index in [0.717, 1.165) is 17.0 Å². The first-order chi connectivity index (χ1) is 8.47. The number of benzene rings is 1. The van der Waals surface area contributed by atoms with Gasteiger partial charge in [-0.05, 0) is 42.8 Å². The van der Waals surface area contributed by atoms with E-state index in [0.29, 0.717) is 6.54 Å². The molecule has 0 aliphatic heterocycles. The lowest BCUT2D eigenvalue weighted by atomic mass is 10.2. The Bertz CT molecular complexity index is 630. The second-order valence-corrected chi connectivity index (χ2v) is 5.51. The third-order valence-corrected chi connectivity index (χ3v) is 3.53. The van der Waals surface area contributed by atoms with E-state index in [4.69, 9.17) is 9.56 Å². The van der Waals surface area contributed by atoms with Gasteiger partial charge in [0.15, 0.2) is 0 Å². The zero-order chi connectivity index (χ0) is 13.2. The zero-order valence-corrected chi connectivity index (χ0v) is 10.7. The molecule has 1 aromatic carbocycles. The molecule has 0 amide bonds. The van der Waals surface area contributed by atoms with Crippen LogP contribution in [0.15, 0.2) is 45.9 Å². The smallest absolute Gasteiger partial charge is 0.238 e. The Kier molecular flexibility index (Phi) is 3.40. The molecule has 6 heteroatoms. The summed E-state index contributed by atoms with van der Waals surface area (Å²) in [6.45, 7) is 2.51. The molecule has 0 radical (unpaired) electrons. The van der Waals surface area contributed by atoms with Crippen molar-refractivity contribution in [1.29, 1.82) is 0 Å². The second kappa shape index (κ2) is 4.83. The fraction of sp³-hybridized carbons (Fsp3) is 0.167. The number of anilines is 1. The third-order valence-electron chi connectivity index (χ3n) is 2.60. The SMILES string of the molecule is Cc1ccoc1CNc1ccc(S(N)(=O)=O)cc1. The Labute approximate surface area is 106 Å². The molecule has 2 rings (SSSR count). The molecule has 0 saturated heterocycles. The monoisotopic (exact) mass is 266 g/mol. The van der Waals surface area contributed by atoms with E-state index < -0.39 is 10.0 Å². The van der Waals surface area contributed by atoms with Crippen LogP contribution >= 0.6 is 0 Å². The van der Waals surface area contributed by atoms with E-state index in [9.17, 15) is 8.42 Å². The van der Waals surface area contributed by atoms with E-state index in [-0.39, 0.29) is 4.90 Å². The Balaban J connectivity index is 2.05. The normalized spacial score (nSPS) is 11.4. The Morgan fingerprint density at radius 2 is 1.89 bits per heavy atom. The Hall–Kier alpha value is -1.79. The highest BCUT2D eigenvalue weighted by Gasteiger charge is 2.07. The summed E-state index contributed by atoms with van der Waals surface area (Å²) in [4.78, 5) is 0.0993. The maximum Gasteiger partial charge on any atom is 0.238 e. The molecular weight excluding hydrogens is 252 g/mol. The van der Waals surface area contributed by atoms with Crippen LogP contribution in [0.4, 0.5) is 5.69 Å². The lowest BCUT2D eigenvalue weighted by molar-refractivity contribution is 0.515. The van der Waals surface area contributed by atoms with Crippen molar-refractivity contribution in [3.63, 3.8) is 0 Å². The number of rotatable bonds is 4. The van der Waals surface area contributed by atoms with Crippen LogP contribution in [0.2, 0.25) is 0 Å². The van der Waals surface area contributed by atoms with Gasteiger partial charge in [-0.15, -0.1) is 0 Å². The van der Waals surface area contributed by atoms with Crippen molar-refractivity contribution in [2.24, 2.45) is 5.14 Å². The van der Waals surface area contributed by atoms with Crippen molar-refractivity contribution in [2.75, 3.05) is 5.32 Å². The van der Waals surface area contributed by atoms with Crippen molar-refractivity contribution in [3.8, 4) is 0 Å². The van der Waals surface area contributed by atoms with E-state index in [2.05, 4.69) is 5.32 Å². The topological polar surface area (TPSA) is 85.3 Å². The number of primary sulfonamides is 1. The van der Waals surface area contributed by atoms with Gasteiger partial charge in [-0.2, -0.15) is 0 Å². The quantitative estimate of drug-likeness (QED) is 0.884. The predicted octanol–water partition coefficient (Wildman–Crippen LogP) is 1.85. The highest BCUT2D eigenvalue weighted by atomic mass is 32.2. The molecule has 0 aliphatic carbocycles. The van der Waals surface area contributed by atoms with Gasteiger partial charge in [0.05, 0.1) is 17.7 Å². The van der Waals surface area contributed by atoms with Crippen LogP contribution in [0, 0.1) is 6.92 Å². The average Bonchev–Trinajstić information content (AvgIpc) is 2.72. The van der Waals surface area contributed by atoms with Gasteiger partial charge in [0.1, 0.15) is 5.76 Å². The molecule has 5 nitrogen and oxygen atoms in total. The van der Waals surface area contributed by atoms with Crippen molar-refractivity contribution < 1.29 is 12.8 Å². The number of furan rings is 1. The van der Waals surface area contributed by atoms with Gasteiger partial charge in [-0.3, -0.25) is 0 Å². The van der Waals surface area contributed by atoms with Gasteiger partial charge in [0.25, 0.3) is 0 Å². The summed E-state index contributed by atoms with van der Waals surface area (Å²) in [5.74, 6) is 0.852. The number of hydrogen-bond donors (Lipinski definition) is 2. The summed E-state index contributed by atoms with van der Waals surface area (Å²) in [6, 6.07) is 8.15. The first-order valence-electron chi connectivity index (χ1n) is 5.36. The number of nitrogens with two attached hydrogens (primary N) is 1. The minimum absolute atomic E-state index is 0.0993. The van der Waals surface area contributed by atoms with Gasteiger partial charge >= 0.3 is 0 Å². The van der Waals surface area contributed by atoms with Crippen LogP contribution < -0.4 is 10.5 Å². The molecule has 0 bridgehead atoms. The lowest BCUT2D eigenvalue weighted by Crippen LogP contribution is -2.12. The van der Waals surface area contributed by atoms with Gasteiger partial charge < -0.3 is 9.73 Å². The fourth-order valence-corrected chi connectivity index (χ4v) is 2.05. The summed E-state index contributed by atoms with van der Waals surface area (Å²) in [5.41, 5.74) is 1.88. The van der Waals surface area contributed by atoms with Crippen LogP contribution in [0.1, 0.15) is 11.3 Å². The molecule has 0 fully saturated rings. The molecule has 0 atom stereocenters. The van der Waals surface area contributed by atoms with E-state index >= 15 is 0 Å². The summed E-state index contributed by atoms with van der Waals surface area (Å²) in [5, 5.41) is 8.15.